The molecular weight excluding hydrogens is 192 g/mol. The molecule has 0 aromatic rings. The van der Waals surface area contributed by atoms with E-state index in [1.165, 1.54) is 0 Å². The summed E-state index contributed by atoms with van der Waals surface area (Å²) in [4.78, 5) is 0. The molecule has 0 spiro atoms. The minimum atomic E-state index is -0.398. The van der Waals surface area contributed by atoms with Crippen LogP contribution in [0.25, 0.3) is 0 Å². The highest BCUT2D eigenvalue weighted by molar-refractivity contribution is 4.71. The molecule has 0 heterocycles. The Bertz CT molecular complexity index is 134. The van der Waals surface area contributed by atoms with Gasteiger partial charge in [0.05, 0.1) is 6.10 Å². The van der Waals surface area contributed by atoms with E-state index in [1.54, 1.807) is 0 Å². The van der Waals surface area contributed by atoms with E-state index in [0.29, 0.717) is 6.54 Å². The zero-order chi connectivity index (χ0) is 11.5. The van der Waals surface area contributed by atoms with Crippen LogP contribution >= 0.6 is 0 Å². The van der Waals surface area contributed by atoms with Gasteiger partial charge in [0.15, 0.2) is 0 Å². The molecule has 2 atom stereocenters. The molecule has 2 unspecified atom stereocenters. The van der Waals surface area contributed by atoms with Crippen molar-refractivity contribution in [2.45, 2.75) is 57.1 Å². The Morgan fingerprint density at radius 2 is 1.60 bits per heavy atom. The molecule has 0 saturated heterocycles. The van der Waals surface area contributed by atoms with Crippen LogP contribution in [-0.4, -0.2) is 35.5 Å². The monoisotopic (exact) mass is 218 g/mol. The highest BCUT2D eigenvalue weighted by atomic mass is 16.3. The van der Waals surface area contributed by atoms with E-state index in [0.717, 1.165) is 44.9 Å². The van der Waals surface area contributed by atoms with Gasteiger partial charge in [0.25, 0.3) is 0 Å². The Morgan fingerprint density at radius 3 is 2.20 bits per heavy atom. The quantitative estimate of drug-likeness (QED) is 0.398. The van der Waals surface area contributed by atoms with Crippen molar-refractivity contribution in [3.63, 3.8) is 0 Å². The van der Waals surface area contributed by atoms with Crippen molar-refractivity contribution in [2.75, 3.05) is 13.2 Å². The van der Waals surface area contributed by atoms with Gasteiger partial charge in [-0.05, 0) is 38.6 Å². The second-order valence-corrected chi connectivity index (χ2v) is 4.09. The molecule has 15 heavy (non-hydrogen) atoms. The van der Waals surface area contributed by atoms with Crippen molar-refractivity contribution < 1.29 is 10.2 Å². The number of nitrogens with two attached hydrogens (primary N) is 2. The molecule has 0 aliphatic rings. The number of unbranched alkanes of at least 4 members (excludes halogenated alkanes) is 3. The van der Waals surface area contributed by atoms with E-state index in [-0.39, 0.29) is 12.6 Å². The largest absolute Gasteiger partial charge is 0.396 e. The van der Waals surface area contributed by atoms with Crippen molar-refractivity contribution in [2.24, 2.45) is 11.5 Å². The van der Waals surface area contributed by atoms with Crippen LogP contribution in [-0.2, 0) is 0 Å². The number of rotatable bonds is 10. The summed E-state index contributed by atoms with van der Waals surface area (Å²) in [5.74, 6) is 0. The minimum Gasteiger partial charge on any atom is -0.396 e. The third kappa shape index (κ3) is 8.81. The van der Waals surface area contributed by atoms with Crippen LogP contribution in [0.1, 0.15) is 44.9 Å². The third-order valence-electron chi connectivity index (χ3n) is 2.64. The molecule has 0 radical (unpaired) electrons. The highest BCUT2D eigenvalue weighted by Gasteiger charge is 2.13. The molecule has 0 aromatic carbocycles. The van der Waals surface area contributed by atoms with Gasteiger partial charge in [0, 0.05) is 12.6 Å². The van der Waals surface area contributed by atoms with Gasteiger partial charge in [-0.3, -0.25) is 0 Å². The average Bonchev–Trinajstić information content (AvgIpc) is 2.24. The molecule has 0 aromatic heterocycles. The molecule has 0 aliphatic carbocycles. The predicted octanol–water partition coefficient (Wildman–Crippen LogP) is 0.356. The summed E-state index contributed by atoms with van der Waals surface area (Å²) in [7, 11) is 0. The van der Waals surface area contributed by atoms with Crippen molar-refractivity contribution in [1.29, 1.82) is 0 Å². The number of hydrogen-bond donors (Lipinski definition) is 4. The molecular formula is C11H26N2O2. The minimum absolute atomic E-state index is 0.124. The summed E-state index contributed by atoms with van der Waals surface area (Å²) in [6.45, 7) is 0.923. The summed E-state index contributed by atoms with van der Waals surface area (Å²) in [5, 5.41) is 18.3. The van der Waals surface area contributed by atoms with Crippen molar-refractivity contribution in [3.8, 4) is 0 Å². The fraction of sp³-hybridized carbons (Fsp3) is 1.00. The molecule has 0 amide bonds. The Kier molecular flexibility index (Phi) is 10.3. The first-order valence-corrected chi connectivity index (χ1v) is 5.97. The number of aliphatic hydroxyl groups excluding tert-OH is 2. The maximum atomic E-state index is 9.69. The number of hydrogen-bond acceptors (Lipinski definition) is 4. The number of aliphatic hydroxyl groups is 2. The standard InChI is InChI=1S/C11H26N2O2/c12-8-4-3-7-11(15)10(13)6-2-1-5-9-14/h10-11,14-15H,1-9,12-13H2. The molecule has 0 bridgehead atoms. The van der Waals surface area contributed by atoms with Crippen molar-refractivity contribution in [3.05, 3.63) is 0 Å². The van der Waals surface area contributed by atoms with Gasteiger partial charge in [-0.1, -0.05) is 12.8 Å². The molecule has 0 rings (SSSR count). The fourth-order valence-electron chi connectivity index (χ4n) is 1.57. The molecule has 0 aliphatic heterocycles. The Balaban J connectivity index is 3.38. The third-order valence-corrected chi connectivity index (χ3v) is 2.64. The maximum absolute atomic E-state index is 9.69. The van der Waals surface area contributed by atoms with Crippen LogP contribution in [0.4, 0.5) is 0 Å². The molecule has 92 valence electrons. The lowest BCUT2D eigenvalue weighted by molar-refractivity contribution is 0.126. The summed E-state index contributed by atoms with van der Waals surface area (Å²) in [6.07, 6.45) is 5.88. The summed E-state index contributed by atoms with van der Waals surface area (Å²) < 4.78 is 0. The van der Waals surface area contributed by atoms with Gasteiger partial charge in [0.1, 0.15) is 0 Å². The van der Waals surface area contributed by atoms with Gasteiger partial charge in [-0.15, -0.1) is 0 Å². The lowest BCUT2D eigenvalue weighted by atomic mass is 10.00. The second kappa shape index (κ2) is 10.4. The maximum Gasteiger partial charge on any atom is 0.0691 e. The molecule has 6 N–H and O–H groups in total. The zero-order valence-electron chi connectivity index (χ0n) is 9.57. The molecule has 4 heteroatoms. The molecule has 0 saturated carbocycles. The average molecular weight is 218 g/mol. The first-order valence-electron chi connectivity index (χ1n) is 5.97. The van der Waals surface area contributed by atoms with E-state index in [1.807, 2.05) is 0 Å². The topological polar surface area (TPSA) is 92.5 Å². The van der Waals surface area contributed by atoms with Crippen LogP contribution in [0, 0.1) is 0 Å². The summed E-state index contributed by atoms with van der Waals surface area (Å²) in [6, 6.07) is -0.124. The van der Waals surface area contributed by atoms with E-state index in [9.17, 15) is 5.11 Å². The van der Waals surface area contributed by atoms with Crippen LogP contribution in [0.15, 0.2) is 0 Å². The van der Waals surface area contributed by atoms with E-state index >= 15 is 0 Å². The van der Waals surface area contributed by atoms with Crippen molar-refractivity contribution >= 4 is 0 Å². The Hall–Kier alpha value is -0.160. The van der Waals surface area contributed by atoms with Crippen molar-refractivity contribution in [1.82, 2.24) is 0 Å². The van der Waals surface area contributed by atoms with Gasteiger partial charge < -0.3 is 21.7 Å². The predicted molar refractivity (Wildman–Crippen MR) is 62.4 cm³/mol. The Morgan fingerprint density at radius 1 is 0.933 bits per heavy atom. The normalized spacial score (nSPS) is 15.2. The van der Waals surface area contributed by atoms with E-state index in [2.05, 4.69) is 0 Å². The van der Waals surface area contributed by atoms with Crippen LogP contribution in [0.2, 0.25) is 0 Å². The molecule has 0 fully saturated rings. The Labute approximate surface area is 92.7 Å². The van der Waals surface area contributed by atoms with E-state index < -0.39 is 6.10 Å². The summed E-state index contributed by atoms with van der Waals surface area (Å²) in [5.41, 5.74) is 11.2. The van der Waals surface area contributed by atoms with Crippen LogP contribution in [0.5, 0.6) is 0 Å². The van der Waals surface area contributed by atoms with Crippen LogP contribution < -0.4 is 11.5 Å². The van der Waals surface area contributed by atoms with E-state index in [4.69, 9.17) is 16.6 Å². The van der Waals surface area contributed by atoms with Gasteiger partial charge in [-0.25, -0.2) is 0 Å². The first-order chi connectivity index (χ1) is 7.22. The fourth-order valence-corrected chi connectivity index (χ4v) is 1.57. The lowest BCUT2D eigenvalue weighted by Crippen LogP contribution is -2.34. The zero-order valence-corrected chi connectivity index (χ0v) is 9.57. The smallest absolute Gasteiger partial charge is 0.0691 e. The highest BCUT2D eigenvalue weighted by Crippen LogP contribution is 2.09. The molecule has 4 nitrogen and oxygen atoms in total. The van der Waals surface area contributed by atoms with Gasteiger partial charge in [0.2, 0.25) is 0 Å². The second-order valence-electron chi connectivity index (χ2n) is 4.09. The van der Waals surface area contributed by atoms with Gasteiger partial charge >= 0.3 is 0 Å². The first kappa shape index (κ1) is 14.8. The lowest BCUT2D eigenvalue weighted by Gasteiger charge is -2.18. The summed E-state index contributed by atoms with van der Waals surface area (Å²) >= 11 is 0. The van der Waals surface area contributed by atoms with Crippen LogP contribution in [0.3, 0.4) is 0 Å². The van der Waals surface area contributed by atoms with Gasteiger partial charge in [-0.2, -0.15) is 0 Å². The SMILES string of the molecule is NCCCCC(O)C(N)CCCCCO.